The minimum atomic E-state index is -0.656. The molecule has 2 aliphatic heterocycles. The van der Waals surface area contributed by atoms with Crippen molar-refractivity contribution in [1.82, 2.24) is 15.1 Å². The first-order valence-electron chi connectivity index (χ1n) is 8.62. The van der Waals surface area contributed by atoms with Gasteiger partial charge in [0.15, 0.2) is 6.10 Å². The van der Waals surface area contributed by atoms with Gasteiger partial charge in [0, 0.05) is 19.5 Å². The molecule has 0 spiro atoms. The van der Waals surface area contributed by atoms with Gasteiger partial charge in [-0.3, -0.25) is 9.69 Å². The van der Waals surface area contributed by atoms with Gasteiger partial charge in [-0.1, -0.05) is 25.2 Å². The fourth-order valence-electron chi connectivity index (χ4n) is 2.77. The Morgan fingerprint density at radius 3 is 2.74 bits per heavy atom. The van der Waals surface area contributed by atoms with Crippen molar-refractivity contribution in [3.05, 3.63) is 0 Å². The number of rotatable bonds is 6. The molecule has 0 aromatic carbocycles. The SMILES string of the molecule is CCCCNC(=O)O[C@@H]1CCN(CC#CCN2CCCC2)C1=O. The summed E-state index contributed by atoms with van der Waals surface area (Å²) < 4.78 is 5.19. The van der Waals surface area contributed by atoms with E-state index in [0.29, 0.717) is 26.1 Å². The van der Waals surface area contributed by atoms with Crippen LogP contribution >= 0.6 is 0 Å². The highest BCUT2D eigenvalue weighted by atomic mass is 16.6. The first-order valence-corrected chi connectivity index (χ1v) is 8.62. The summed E-state index contributed by atoms with van der Waals surface area (Å²) in [5.74, 6) is 6.05. The summed E-state index contributed by atoms with van der Waals surface area (Å²) >= 11 is 0. The lowest BCUT2D eigenvalue weighted by Gasteiger charge is -2.14. The number of likely N-dealkylation sites (tertiary alicyclic amines) is 2. The number of carbonyl (C=O) groups excluding carboxylic acids is 2. The molecule has 2 saturated heterocycles. The van der Waals surface area contributed by atoms with Crippen molar-refractivity contribution in [3.8, 4) is 11.8 Å². The first kappa shape index (κ1) is 17.6. The summed E-state index contributed by atoms with van der Waals surface area (Å²) in [6.45, 7) is 6.69. The molecule has 2 amide bonds. The summed E-state index contributed by atoms with van der Waals surface area (Å²) in [6, 6.07) is 0. The zero-order valence-electron chi connectivity index (χ0n) is 14.0. The largest absolute Gasteiger partial charge is 0.436 e. The Kier molecular flexibility index (Phi) is 7.21. The molecule has 0 bridgehead atoms. The standard InChI is InChI=1S/C17H27N3O3/c1-2-3-9-18-17(22)23-15-8-14-20(16(15)21)13-7-6-12-19-10-4-5-11-19/h15H,2-5,8-14H2,1H3,(H,18,22)/t15-/m1/s1. The van der Waals surface area contributed by atoms with E-state index < -0.39 is 12.2 Å². The highest BCUT2D eigenvalue weighted by Gasteiger charge is 2.34. The van der Waals surface area contributed by atoms with Crippen molar-refractivity contribution in [2.45, 2.75) is 45.1 Å². The van der Waals surface area contributed by atoms with E-state index in [1.54, 1.807) is 4.90 Å². The predicted octanol–water partition coefficient (Wildman–Crippen LogP) is 1.21. The minimum Gasteiger partial charge on any atom is -0.436 e. The van der Waals surface area contributed by atoms with Gasteiger partial charge >= 0.3 is 6.09 Å². The molecule has 128 valence electrons. The summed E-state index contributed by atoms with van der Waals surface area (Å²) in [5.41, 5.74) is 0. The second-order valence-corrected chi connectivity index (χ2v) is 6.06. The maximum absolute atomic E-state index is 12.2. The average Bonchev–Trinajstić information content (AvgIpc) is 3.16. The van der Waals surface area contributed by atoms with Crippen molar-refractivity contribution >= 4 is 12.0 Å². The van der Waals surface area contributed by atoms with Crippen LogP contribution in [0.15, 0.2) is 0 Å². The lowest BCUT2D eigenvalue weighted by Crippen LogP contribution is -2.35. The van der Waals surface area contributed by atoms with E-state index in [-0.39, 0.29) is 5.91 Å². The molecule has 6 heteroatoms. The Morgan fingerprint density at radius 1 is 1.26 bits per heavy atom. The van der Waals surface area contributed by atoms with Crippen molar-refractivity contribution in [2.75, 3.05) is 39.3 Å². The molecule has 0 aliphatic carbocycles. The maximum Gasteiger partial charge on any atom is 0.407 e. The molecular weight excluding hydrogens is 294 g/mol. The molecule has 2 fully saturated rings. The smallest absolute Gasteiger partial charge is 0.407 e. The van der Waals surface area contributed by atoms with Gasteiger partial charge < -0.3 is 15.0 Å². The number of carbonyl (C=O) groups is 2. The van der Waals surface area contributed by atoms with Crippen molar-refractivity contribution in [3.63, 3.8) is 0 Å². The summed E-state index contributed by atoms with van der Waals surface area (Å²) in [5, 5.41) is 2.66. The molecule has 23 heavy (non-hydrogen) atoms. The highest BCUT2D eigenvalue weighted by molar-refractivity contribution is 5.85. The molecule has 1 N–H and O–H groups in total. The Morgan fingerprint density at radius 2 is 2.00 bits per heavy atom. The summed E-state index contributed by atoms with van der Waals surface area (Å²) in [4.78, 5) is 27.8. The lowest BCUT2D eigenvalue weighted by atomic mass is 10.3. The van der Waals surface area contributed by atoms with Gasteiger partial charge in [-0.25, -0.2) is 4.79 Å². The number of hydrogen-bond acceptors (Lipinski definition) is 4. The van der Waals surface area contributed by atoms with Crippen molar-refractivity contribution in [2.24, 2.45) is 0 Å². The molecular formula is C17H27N3O3. The lowest BCUT2D eigenvalue weighted by molar-refractivity contribution is -0.134. The Labute approximate surface area is 138 Å². The number of alkyl carbamates (subject to hydrolysis) is 1. The zero-order chi connectivity index (χ0) is 16.5. The minimum absolute atomic E-state index is 0.133. The maximum atomic E-state index is 12.2. The van der Waals surface area contributed by atoms with Gasteiger partial charge in [0.25, 0.3) is 5.91 Å². The number of nitrogens with zero attached hydrogens (tertiary/aromatic N) is 2. The van der Waals surface area contributed by atoms with Gasteiger partial charge in [-0.15, -0.1) is 0 Å². The van der Waals surface area contributed by atoms with Crippen LogP contribution in [0, 0.1) is 11.8 Å². The van der Waals surface area contributed by atoms with Crippen LogP contribution < -0.4 is 5.32 Å². The third-order valence-electron chi connectivity index (χ3n) is 4.19. The molecule has 1 atom stereocenters. The van der Waals surface area contributed by atoms with Crippen molar-refractivity contribution in [1.29, 1.82) is 0 Å². The molecule has 2 rings (SSSR count). The van der Waals surface area contributed by atoms with Crippen LogP contribution in [0.2, 0.25) is 0 Å². The van der Waals surface area contributed by atoms with E-state index in [9.17, 15) is 9.59 Å². The van der Waals surface area contributed by atoms with E-state index in [4.69, 9.17) is 4.74 Å². The van der Waals surface area contributed by atoms with Crippen LogP contribution in [0.25, 0.3) is 0 Å². The Bertz CT molecular complexity index is 463. The molecule has 2 heterocycles. The topological polar surface area (TPSA) is 61.9 Å². The van der Waals surface area contributed by atoms with Crippen LogP contribution in [-0.4, -0.2) is 67.2 Å². The molecule has 0 saturated carbocycles. The fraction of sp³-hybridized carbons (Fsp3) is 0.765. The Hall–Kier alpha value is -1.74. The van der Waals surface area contributed by atoms with Gasteiger partial charge in [0.1, 0.15) is 0 Å². The molecule has 0 aromatic heterocycles. The van der Waals surface area contributed by atoms with E-state index in [1.807, 2.05) is 0 Å². The third-order valence-corrected chi connectivity index (χ3v) is 4.19. The highest BCUT2D eigenvalue weighted by Crippen LogP contribution is 2.14. The third kappa shape index (κ3) is 5.76. The number of hydrogen-bond donors (Lipinski definition) is 1. The number of amides is 2. The normalized spacial score (nSPS) is 21.2. The predicted molar refractivity (Wildman–Crippen MR) is 87.8 cm³/mol. The average molecular weight is 321 g/mol. The van der Waals surface area contributed by atoms with Crippen molar-refractivity contribution < 1.29 is 14.3 Å². The molecule has 0 unspecified atom stereocenters. The van der Waals surface area contributed by atoms with Crippen LogP contribution in [-0.2, 0) is 9.53 Å². The van der Waals surface area contributed by atoms with Crippen LogP contribution in [0.5, 0.6) is 0 Å². The second-order valence-electron chi connectivity index (χ2n) is 6.06. The van der Waals surface area contributed by atoms with Crippen LogP contribution in [0.1, 0.15) is 39.0 Å². The summed E-state index contributed by atoms with van der Waals surface area (Å²) in [6.07, 6.45) is 3.82. The fourth-order valence-corrected chi connectivity index (χ4v) is 2.77. The number of unbranched alkanes of at least 4 members (excludes halogenated alkanes) is 1. The van der Waals surface area contributed by atoms with Gasteiger partial charge in [-0.05, 0) is 32.4 Å². The Balaban J connectivity index is 1.67. The van der Waals surface area contributed by atoms with E-state index in [2.05, 4.69) is 29.0 Å². The first-order chi connectivity index (χ1) is 11.2. The van der Waals surface area contributed by atoms with E-state index in [1.165, 1.54) is 12.8 Å². The monoisotopic (exact) mass is 321 g/mol. The van der Waals surface area contributed by atoms with Crippen LogP contribution in [0.4, 0.5) is 4.79 Å². The zero-order valence-corrected chi connectivity index (χ0v) is 14.0. The van der Waals surface area contributed by atoms with Gasteiger partial charge in [0.2, 0.25) is 0 Å². The second kappa shape index (κ2) is 9.41. The van der Waals surface area contributed by atoms with Crippen LogP contribution in [0.3, 0.4) is 0 Å². The molecule has 0 radical (unpaired) electrons. The van der Waals surface area contributed by atoms with Gasteiger partial charge in [-0.2, -0.15) is 0 Å². The molecule has 2 aliphatic rings. The van der Waals surface area contributed by atoms with Gasteiger partial charge in [0.05, 0.1) is 13.1 Å². The number of nitrogens with one attached hydrogen (secondary N) is 1. The molecule has 0 aromatic rings. The number of ether oxygens (including phenoxy) is 1. The van der Waals surface area contributed by atoms with E-state index in [0.717, 1.165) is 32.5 Å². The molecule has 6 nitrogen and oxygen atoms in total. The quantitative estimate of drug-likeness (QED) is 0.590. The van der Waals surface area contributed by atoms with E-state index >= 15 is 0 Å². The summed E-state index contributed by atoms with van der Waals surface area (Å²) in [7, 11) is 0.